The lowest BCUT2D eigenvalue weighted by atomic mass is 10.0. The highest BCUT2D eigenvalue weighted by molar-refractivity contribution is 9.10. The first kappa shape index (κ1) is 13.4. The maximum Gasteiger partial charge on any atom is 0.0421 e. The quantitative estimate of drug-likeness (QED) is 0.688. The number of alkyl halides is 1. The predicted octanol–water partition coefficient (Wildman–Crippen LogP) is 4.97. The topological polar surface area (TPSA) is 3.24 Å². The van der Waals surface area contributed by atoms with E-state index in [0.717, 1.165) is 11.2 Å². The van der Waals surface area contributed by atoms with Gasteiger partial charge in [0.2, 0.25) is 0 Å². The molecular formula is C14H19Br2N. The van der Waals surface area contributed by atoms with Gasteiger partial charge in [0.1, 0.15) is 0 Å². The second kappa shape index (κ2) is 5.75. The van der Waals surface area contributed by atoms with Gasteiger partial charge in [0.15, 0.2) is 0 Å². The molecule has 3 heteroatoms. The lowest BCUT2D eigenvalue weighted by Gasteiger charge is -2.31. The fourth-order valence-electron chi connectivity index (χ4n) is 2.70. The zero-order valence-electron chi connectivity index (χ0n) is 10.4. The van der Waals surface area contributed by atoms with E-state index in [9.17, 15) is 0 Å². The highest BCUT2D eigenvalue weighted by atomic mass is 79.9. The van der Waals surface area contributed by atoms with Crippen LogP contribution in [0.5, 0.6) is 0 Å². The third-order valence-corrected chi connectivity index (χ3v) is 4.67. The standard InChI is InChI=1S/C14H19Br2N/c1-10(2)13-4-3-7-17(13)14-8-12(16)6-5-11(14)9-15/h5-6,8,10,13H,3-4,7,9H2,1-2H3. The SMILES string of the molecule is CC(C)C1CCCN1c1cc(Br)ccc1CBr. The normalized spacial score (nSPS) is 20.3. The van der Waals surface area contributed by atoms with Crippen molar-refractivity contribution in [3.63, 3.8) is 0 Å². The van der Waals surface area contributed by atoms with Crippen LogP contribution in [0.1, 0.15) is 32.3 Å². The molecule has 17 heavy (non-hydrogen) atoms. The third-order valence-electron chi connectivity index (χ3n) is 3.57. The molecule has 1 aliphatic heterocycles. The lowest BCUT2D eigenvalue weighted by Crippen LogP contribution is -2.33. The largest absolute Gasteiger partial charge is 0.368 e. The molecule has 94 valence electrons. The highest BCUT2D eigenvalue weighted by Crippen LogP contribution is 2.34. The fourth-order valence-corrected chi connectivity index (χ4v) is 3.53. The van der Waals surface area contributed by atoms with E-state index in [-0.39, 0.29) is 0 Å². The van der Waals surface area contributed by atoms with Gasteiger partial charge in [0, 0.05) is 28.1 Å². The van der Waals surface area contributed by atoms with Crippen molar-refractivity contribution >= 4 is 37.5 Å². The van der Waals surface area contributed by atoms with Gasteiger partial charge in [-0.25, -0.2) is 0 Å². The van der Waals surface area contributed by atoms with Crippen molar-refractivity contribution in [2.24, 2.45) is 5.92 Å². The van der Waals surface area contributed by atoms with E-state index in [0.29, 0.717) is 6.04 Å². The first-order chi connectivity index (χ1) is 8.13. The average molecular weight is 361 g/mol. The van der Waals surface area contributed by atoms with E-state index < -0.39 is 0 Å². The van der Waals surface area contributed by atoms with Crippen molar-refractivity contribution in [2.75, 3.05) is 11.4 Å². The van der Waals surface area contributed by atoms with Gasteiger partial charge >= 0.3 is 0 Å². The molecule has 0 N–H and O–H groups in total. The van der Waals surface area contributed by atoms with E-state index in [1.165, 1.54) is 35.1 Å². The molecule has 1 unspecified atom stereocenters. The lowest BCUT2D eigenvalue weighted by molar-refractivity contribution is 0.491. The van der Waals surface area contributed by atoms with Crippen molar-refractivity contribution in [3.8, 4) is 0 Å². The minimum Gasteiger partial charge on any atom is -0.368 e. The summed E-state index contributed by atoms with van der Waals surface area (Å²) in [6.07, 6.45) is 2.64. The maximum atomic E-state index is 3.59. The summed E-state index contributed by atoms with van der Waals surface area (Å²) in [4.78, 5) is 2.59. The molecule has 0 aliphatic carbocycles. The monoisotopic (exact) mass is 359 g/mol. The highest BCUT2D eigenvalue weighted by Gasteiger charge is 2.28. The number of hydrogen-bond donors (Lipinski definition) is 0. The van der Waals surface area contributed by atoms with E-state index in [2.05, 4.69) is 68.8 Å². The Hall–Kier alpha value is -0.0200. The Kier molecular flexibility index (Phi) is 4.53. The first-order valence-corrected chi connectivity index (χ1v) is 8.16. The van der Waals surface area contributed by atoms with Crippen LogP contribution in [-0.2, 0) is 5.33 Å². The van der Waals surface area contributed by atoms with E-state index >= 15 is 0 Å². The molecule has 1 saturated heterocycles. The summed E-state index contributed by atoms with van der Waals surface area (Å²) >= 11 is 7.18. The Bertz CT molecular complexity index is 390. The van der Waals surface area contributed by atoms with Gasteiger partial charge in [-0.15, -0.1) is 0 Å². The molecule has 1 heterocycles. The number of rotatable bonds is 3. The molecule has 0 radical (unpaired) electrons. The van der Waals surface area contributed by atoms with Gasteiger partial charge in [-0.3, -0.25) is 0 Å². The molecular weight excluding hydrogens is 342 g/mol. The minimum atomic E-state index is 0.696. The first-order valence-electron chi connectivity index (χ1n) is 6.24. The van der Waals surface area contributed by atoms with Crippen molar-refractivity contribution in [1.29, 1.82) is 0 Å². The van der Waals surface area contributed by atoms with Gasteiger partial charge in [-0.1, -0.05) is 51.8 Å². The van der Waals surface area contributed by atoms with Crippen LogP contribution < -0.4 is 4.90 Å². The van der Waals surface area contributed by atoms with Crippen molar-refractivity contribution in [2.45, 2.75) is 38.1 Å². The number of hydrogen-bond acceptors (Lipinski definition) is 1. The Labute approximate surface area is 121 Å². The van der Waals surface area contributed by atoms with Gasteiger partial charge < -0.3 is 4.90 Å². The number of benzene rings is 1. The van der Waals surface area contributed by atoms with Crippen LogP contribution in [0.3, 0.4) is 0 Å². The van der Waals surface area contributed by atoms with Crippen LogP contribution >= 0.6 is 31.9 Å². The molecule has 1 aromatic rings. The van der Waals surface area contributed by atoms with E-state index in [1.54, 1.807) is 0 Å². The second-order valence-corrected chi connectivity index (χ2v) is 6.53. The molecule has 0 spiro atoms. The molecule has 0 saturated carbocycles. The number of nitrogens with zero attached hydrogens (tertiary/aromatic N) is 1. The molecule has 1 aliphatic rings. The zero-order chi connectivity index (χ0) is 12.4. The Morgan fingerprint density at radius 2 is 2.18 bits per heavy atom. The predicted molar refractivity (Wildman–Crippen MR) is 82.0 cm³/mol. The number of halogens is 2. The Morgan fingerprint density at radius 3 is 2.82 bits per heavy atom. The van der Waals surface area contributed by atoms with Crippen LogP contribution in [0.4, 0.5) is 5.69 Å². The minimum absolute atomic E-state index is 0.696. The van der Waals surface area contributed by atoms with E-state index in [4.69, 9.17) is 0 Å². The van der Waals surface area contributed by atoms with Crippen molar-refractivity contribution in [1.82, 2.24) is 0 Å². The van der Waals surface area contributed by atoms with Crippen molar-refractivity contribution in [3.05, 3.63) is 28.2 Å². The summed E-state index contributed by atoms with van der Waals surface area (Å²) in [5, 5.41) is 0.928. The molecule has 2 rings (SSSR count). The zero-order valence-corrected chi connectivity index (χ0v) is 13.6. The average Bonchev–Trinajstić information content (AvgIpc) is 2.77. The summed E-state index contributed by atoms with van der Waals surface area (Å²) in [6, 6.07) is 7.30. The maximum absolute atomic E-state index is 3.59. The summed E-state index contributed by atoms with van der Waals surface area (Å²) in [7, 11) is 0. The van der Waals surface area contributed by atoms with Gasteiger partial charge in [-0.2, -0.15) is 0 Å². The summed E-state index contributed by atoms with van der Waals surface area (Å²) in [5.74, 6) is 0.722. The molecule has 0 bridgehead atoms. The molecule has 0 amide bonds. The van der Waals surface area contributed by atoms with Gasteiger partial charge in [0.05, 0.1) is 0 Å². The molecule has 1 aromatic carbocycles. The van der Waals surface area contributed by atoms with Crippen LogP contribution in [0.15, 0.2) is 22.7 Å². The second-order valence-electron chi connectivity index (χ2n) is 5.05. The number of anilines is 1. The van der Waals surface area contributed by atoms with E-state index in [1.807, 2.05) is 0 Å². The molecule has 0 aromatic heterocycles. The summed E-state index contributed by atoms with van der Waals surface area (Å²) in [5.41, 5.74) is 2.79. The van der Waals surface area contributed by atoms with Crippen LogP contribution in [0.2, 0.25) is 0 Å². The van der Waals surface area contributed by atoms with Gasteiger partial charge in [0.25, 0.3) is 0 Å². The molecule has 1 nitrogen and oxygen atoms in total. The smallest absolute Gasteiger partial charge is 0.0421 e. The Balaban J connectivity index is 2.35. The molecule has 1 atom stereocenters. The Morgan fingerprint density at radius 1 is 1.41 bits per heavy atom. The summed E-state index contributed by atoms with van der Waals surface area (Å²) in [6.45, 7) is 5.85. The van der Waals surface area contributed by atoms with Crippen LogP contribution in [0, 0.1) is 5.92 Å². The van der Waals surface area contributed by atoms with Crippen LogP contribution in [-0.4, -0.2) is 12.6 Å². The summed E-state index contributed by atoms with van der Waals surface area (Å²) < 4.78 is 1.17. The van der Waals surface area contributed by atoms with Crippen molar-refractivity contribution < 1.29 is 0 Å². The molecule has 1 fully saturated rings. The fraction of sp³-hybridized carbons (Fsp3) is 0.571. The van der Waals surface area contributed by atoms with Gasteiger partial charge in [-0.05, 0) is 36.5 Å². The van der Waals surface area contributed by atoms with Crippen LogP contribution in [0.25, 0.3) is 0 Å². The third kappa shape index (κ3) is 2.87.